The number of rotatable bonds is 1. The molecule has 1 aliphatic heterocycles. The first-order valence-electron chi connectivity index (χ1n) is 6.64. The van der Waals surface area contributed by atoms with Crippen LogP contribution in [0.25, 0.3) is 0 Å². The van der Waals surface area contributed by atoms with Crippen LogP contribution in [0, 0.1) is 0 Å². The van der Waals surface area contributed by atoms with E-state index in [0.29, 0.717) is 13.1 Å². The zero-order chi connectivity index (χ0) is 12.6. The van der Waals surface area contributed by atoms with Gasteiger partial charge in [-0.15, -0.1) is 10.2 Å². The summed E-state index contributed by atoms with van der Waals surface area (Å²) in [6.45, 7) is 2.02. The summed E-state index contributed by atoms with van der Waals surface area (Å²) in [4.78, 5) is 14.4. The number of carbonyl (C=O) groups excluding carboxylic acids is 1. The quantitative estimate of drug-likeness (QED) is 0.775. The average Bonchev–Trinajstić information content (AvgIpc) is 2.86. The van der Waals surface area contributed by atoms with Crippen molar-refractivity contribution in [2.45, 2.75) is 50.7 Å². The largest absolute Gasteiger partial charge is 0.332 e. The lowest BCUT2D eigenvalue weighted by Gasteiger charge is -2.38. The second-order valence-corrected chi connectivity index (χ2v) is 5.38. The van der Waals surface area contributed by atoms with Gasteiger partial charge >= 0.3 is 0 Å². The van der Waals surface area contributed by atoms with Crippen molar-refractivity contribution in [1.29, 1.82) is 0 Å². The molecule has 3 rings (SSSR count). The Labute approximate surface area is 106 Å². The second kappa shape index (κ2) is 4.35. The molecule has 1 amide bonds. The number of hydrogen-bond donors (Lipinski definition) is 1. The number of amides is 1. The van der Waals surface area contributed by atoms with Crippen molar-refractivity contribution in [1.82, 2.24) is 19.7 Å². The van der Waals surface area contributed by atoms with E-state index in [1.165, 1.54) is 6.42 Å². The maximum atomic E-state index is 12.6. The molecular weight excluding hydrogens is 230 g/mol. The highest BCUT2D eigenvalue weighted by Gasteiger charge is 2.39. The monoisotopic (exact) mass is 249 g/mol. The van der Waals surface area contributed by atoms with Crippen molar-refractivity contribution in [3.8, 4) is 0 Å². The number of aromatic nitrogens is 3. The minimum Gasteiger partial charge on any atom is -0.332 e. The SMILES string of the molecule is NC1(C(=O)N2CCn3cnnc3C2)CCCCC1. The first-order valence-corrected chi connectivity index (χ1v) is 6.64. The van der Waals surface area contributed by atoms with Crippen LogP contribution in [-0.2, 0) is 17.9 Å². The van der Waals surface area contributed by atoms with Gasteiger partial charge in [0.1, 0.15) is 6.33 Å². The Morgan fingerprint density at radius 2 is 2.06 bits per heavy atom. The van der Waals surface area contributed by atoms with Crippen molar-refractivity contribution >= 4 is 5.91 Å². The Hall–Kier alpha value is -1.43. The lowest BCUT2D eigenvalue weighted by atomic mass is 9.81. The normalized spacial score (nSPS) is 22.6. The van der Waals surface area contributed by atoms with Crippen LogP contribution in [0.15, 0.2) is 6.33 Å². The molecule has 0 atom stereocenters. The van der Waals surface area contributed by atoms with Crippen LogP contribution in [0.5, 0.6) is 0 Å². The fourth-order valence-corrected chi connectivity index (χ4v) is 2.95. The van der Waals surface area contributed by atoms with Crippen LogP contribution in [0.4, 0.5) is 0 Å². The molecule has 2 N–H and O–H groups in total. The summed E-state index contributed by atoms with van der Waals surface area (Å²) in [5.74, 6) is 0.949. The van der Waals surface area contributed by atoms with Gasteiger partial charge in [0.25, 0.3) is 0 Å². The molecule has 1 aromatic heterocycles. The van der Waals surface area contributed by atoms with Crippen molar-refractivity contribution < 1.29 is 4.79 Å². The number of nitrogens with two attached hydrogens (primary N) is 1. The fourth-order valence-electron chi connectivity index (χ4n) is 2.95. The molecule has 1 aliphatic carbocycles. The lowest BCUT2D eigenvalue weighted by Crippen LogP contribution is -2.57. The van der Waals surface area contributed by atoms with Crippen molar-refractivity contribution in [3.63, 3.8) is 0 Å². The third-order valence-electron chi connectivity index (χ3n) is 4.10. The van der Waals surface area contributed by atoms with Crippen LogP contribution in [-0.4, -0.2) is 37.7 Å². The highest BCUT2D eigenvalue weighted by Crippen LogP contribution is 2.28. The topological polar surface area (TPSA) is 77.0 Å². The molecule has 18 heavy (non-hydrogen) atoms. The predicted octanol–water partition coefficient (Wildman–Crippen LogP) is 0.282. The van der Waals surface area contributed by atoms with Crippen molar-refractivity contribution in [2.24, 2.45) is 5.73 Å². The zero-order valence-electron chi connectivity index (χ0n) is 10.5. The third-order valence-corrected chi connectivity index (χ3v) is 4.10. The van der Waals surface area contributed by atoms with Crippen LogP contribution < -0.4 is 5.73 Å². The van der Waals surface area contributed by atoms with E-state index in [1.807, 2.05) is 9.47 Å². The number of fused-ring (bicyclic) bond motifs is 1. The molecule has 2 heterocycles. The Bertz CT molecular complexity index is 449. The van der Waals surface area contributed by atoms with E-state index in [0.717, 1.165) is 38.1 Å². The van der Waals surface area contributed by atoms with E-state index in [9.17, 15) is 4.79 Å². The summed E-state index contributed by atoms with van der Waals surface area (Å²) >= 11 is 0. The smallest absolute Gasteiger partial charge is 0.243 e. The Balaban J connectivity index is 1.74. The van der Waals surface area contributed by atoms with Crippen molar-refractivity contribution in [3.05, 3.63) is 12.2 Å². The summed E-state index contributed by atoms with van der Waals surface area (Å²) in [6, 6.07) is 0. The summed E-state index contributed by atoms with van der Waals surface area (Å²) in [7, 11) is 0. The standard InChI is InChI=1S/C12H19N5O/c13-12(4-2-1-3-5-12)11(18)16-6-7-17-9-14-15-10(17)8-16/h9H,1-8,13H2. The molecule has 1 aromatic rings. The van der Waals surface area contributed by atoms with Gasteiger partial charge in [-0.05, 0) is 12.8 Å². The van der Waals surface area contributed by atoms with E-state index in [1.54, 1.807) is 6.33 Å². The highest BCUT2D eigenvalue weighted by molar-refractivity contribution is 5.86. The van der Waals surface area contributed by atoms with Crippen LogP contribution in [0.3, 0.4) is 0 Å². The minimum atomic E-state index is -0.638. The Morgan fingerprint density at radius 3 is 2.83 bits per heavy atom. The maximum Gasteiger partial charge on any atom is 0.243 e. The second-order valence-electron chi connectivity index (χ2n) is 5.38. The zero-order valence-corrected chi connectivity index (χ0v) is 10.5. The predicted molar refractivity (Wildman–Crippen MR) is 65.4 cm³/mol. The van der Waals surface area contributed by atoms with Gasteiger partial charge in [-0.3, -0.25) is 4.79 Å². The average molecular weight is 249 g/mol. The molecule has 0 aromatic carbocycles. The number of hydrogen-bond acceptors (Lipinski definition) is 4. The molecule has 0 radical (unpaired) electrons. The van der Waals surface area contributed by atoms with Gasteiger partial charge in [0.15, 0.2) is 5.82 Å². The van der Waals surface area contributed by atoms with Gasteiger partial charge < -0.3 is 15.2 Å². The van der Waals surface area contributed by atoms with Crippen LogP contribution >= 0.6 is 0 Å². The van der Waals surface area contributed by atoms with Gasteiger partial charge in [-0.25, -0.2) is 0 Å². The van der Waals surface area contributed by atoms with Gasteiger partial charge in [0.05, 0.1) is 12.1 Å². The molecule has 1 fully saturated rings. The minimum absolute atomic E-state index is 0.0939. The molecule has 0 saturated heterocycles. The molecule has 1 saturated carbocycles. The molecule has 0 bridgehead atoms. The van der Waals surface area contributed by atoms with E-state index in [2.05, 4.69) is 10.2 Å². The molecule has 6 heteroatoms. The molecule has 0 unspecified atom stereocenters. The van der Waals surface area contributed by atoms with E-state index in [-0.39, 0.29) is 5.91 Å². The highest BCUT2D eigenvalue weighted by atomic mass is 16.2. The molecule has 6 nitrogen and oxygen atoms in total. The molecule has 0 spiro atoms. The summed E-state index contributed by atoms with van der Waals surface area (Å²) in [6.07, 6.45) is 6.67. The fraction of sp³-hybridized carbons (Fsp3) is 0.750. The lowest BCUT2D eigenvalue weighted by molar-refractivity contribution is -0.139. The van der Waals surface area contributed by atoms with Gasteiger partial charge in [0, 0.05) is 13.1 Å². The van der Waals surface area contributed by atoms with E-state index in [4.69, 9.17) is 5.73 Å². The molecular formula is C12H19N5O. The molecule has 2 aliphatic rings. The van der Waals surface area contributed by atoms with Crippen LogP contribution in [0.1, 0.15) is 37.9 Å². The molecule has 98 valence electrons. The maximum absolute atomic E-state index is 12.6. The van der Waals surface area contributed by atoms with Crippen LogP contribution in [0.2, 0.25) is 0 Å². The van der Waals surface area contributed by atoms with Gasteiger partial charge in [-0.2, -0.15) is 0 Å². The summed E-state index contributed by atoms with van der Waals surface area (Å²) in [5.41, 5.74) is 5.66. The number of carbonyl (C=O) groups is 1. The summed E-state index contributed by atoms with van der Waals surface area (Å²) in [5, 5.41) is 7.91. The van der Waals surface area contributed by atoms with E-state index < -0.39 is 5.54 Å². The van der Waals surface area contributed by atoms with E-state index >= 15 is 0 Å². The van der Waals surface area contributed by atoms with Gasteiger partial charge in [0.2, 0.25) is 5.91 Å². The first kappa shape index (κ1) is 11.6. The third kappa shape index (κ3) is 1.90. The Kier molecular flexibility index (Phi) is 2.81. The Morgan fingerprint density at radius 1 is 1.28 bits per heavy atom. The first-order chi connectivity index (χ1) is 8.69. The van der Waals surface area contributed by atoms with Gasteiger partial charge in [-0.1, -0.05) is 19.3 Å². The van der Waals surface area contributed by atoms with Crippen molar-refractivity contribution in [2.75, 3.05) is 6.54 Å². The summed E-state index contributed by atoms with van der Waals surface area (Å²) < 4.78 is 1.99. The number of nitrogens with zero attached hydrogens (tertiary/aromatic N) is 4.